The molecular weight excluding hydrogens is 286 g/mol. The number of aromatic carboxylic acids is 2. The molecule has 0 heterocycles. The summed E-state index contributed by atoms with van der Waals surface area (Å²) in [7, 11) is 0. The summed E-state index contributed by atoms with van der Waals surface area (Å²) in [4.78, 5) is 34.2. The standard InChI is InChI=1S/C9H8O4.C7H5NO/c1-5-2-3-6(8(10)11)4-7(5)9(12)13;9-6-8-7-4-2-1-3-5-7/h2-4H,1H3,(H,10,11)(H,12,13);1-5H. The molecule has 22 heavy (non-hydrogen) atoms. The second-order valence-corrected chi connectivity index (χ2v) is 4.18. The van der Waals surface area contributed by atoms with E-state index in [2.05, 4.69) is 4.99 Å². The lowest BCUT2D eigenvalue weighted by molar-refractivity contribution is 0.0695. The maximum Gasteiger partial charge on any atom is 0.335 e. The van der Waals surface area contributed by atoms with Gasteiger partial charge in [-0.1, -0.05) is 24.3 Å². The van der Waals surface area contributed by atoms with E-state index in [1.807, 2.05) is 18.2 Å². The van der Waals surface area contributed by atoms with E-state index < -0.39 is 11.9 Å². The number of hydrogen-bond donors (Lipinski definition) is 2. The SMILES string of the molecule is Cc1ccc(C(=O)O)cc1C(=O)O.O=C=Nc1ccccc1. The molecule has 2 aromatic carbocycles. The maximum atomic E-state index is 10.6. The first-order chi connectivity index (χ1) is 10.5. The molecule has 2 rings (SSSR count). The lowest BCUT2D eigenvalue weighted by atomic mass is 10.1. The first-order valence-electron chi connectivity index (χ1n) is 6.16. The fourth-order valence-corrected chi connectivity index (χ4v) is 1.54. The minimum absolute atomic E-state index is 0.0111. The van der Waals surface area contributed by atoms with Gasteiger partial charge in [-0.05, 0) is 36.8 Å². The third-order valence-corrected chi connectivity index (χ3v) is 2.65. The molecule has 0 saturated heterocycles. The molecule has 0 aliphatic rings. The predicted octanol–water partition coefficient (Wildman–Crippen LogP) is 3.05. The van der Waals surface area contributed by atoms with Gasteiger partial charge in [0, 0.05) is 0 Å². The average molecular weight is 299 g/mol. The monoisotopic (exact) mass is 299 g/mol. The third kappa shape index (κ3) is 5.03. The van der Waals surface area contributed by atoms with Crippen LogP contribution in [0.5, 0.6) is 0 Å². The molecule has 2 N–H and O–H groups in total. The summed E-state index contributed by atoms with van der Waals surface area (Å²) < 4.78 is 0. The van der Waals surface area contributed by atoms with Crippen LogP contribution in [0.15, 0.2) is 53.5 Å². The summed E-state index contributed by atoms with van der Waals surface area (Å²) in [5.41, 5.74) is 1.22. The van der Waals surface area contributed by atoms with E-state index in [4.69, 9.17) is 10.2 Å². The van der Waals surface area contributed by atoms with Gasteiger partial charge in [-0.3, -0.25) is 0 Å². The lowest BCUT2D eigenvalue weighted by Gasteiger charge is -2.01. The molecule has 2 aromatic rings. The van der Waals surface area contributed by atoms with Gasteiger partial charge < -0.3 is 10.2 Å². The summed E-state index contributed by atoms with van der Waals surface area (Å²) in [6, 6.07) is 13.0. The van der Waals surface area contributed by atoms with Crippen molar-refractivity contribution in [2.45, 2.75) is 6.92 Å². The van der Waals surface area contributed by atoms with Gasteiger partial charge >= 0.3 is 11.9 Å². The van der Waals surface area contributed by atoms with Crippen molar-refractivity contribution >= 4 is 23.7 Å². The largest absolute Gasteiger partial charge is 0.478 e. The van der Waals surface area contributed by atoms with E-state index in [1.165, 1.54) is 18.2 Å². The molecule has 0 spiro atoms. The van der Waals surface area contributed by atoms with Crippen LogP contribution in [0.2, 0.25) is 0 Å². The number of aryl methyl sites for hydroxylation is 1. The molecule has 0 bridgehead atoms. The minimum Gasteiger partial charge on any atom is -0.478 e. The summed E-state index contributed by atoms with van der Waals surface area (Å²) in [6.07, 6.45) is 1.46. The zero-order chi connectivity index (χ0) is 16.5. The molecule has 0 saturated carbocycles. The second kappa shape index (κ2) is 8.14. The smallest absolute Gasteiger partial charge is 0.335 e. The van der Waals surface area contributed by atoms with Crippen molar-refractivity contribution in [3.05, 3.63) is 65.2 Å². The van der Waals surface area contributed by atoms with Crippen molar-refractivity contribution in [1.29, 1.82) is 0 Å². The van der Waals surface area contributed by atoms with Gasteiger partial charge in [-0.25, -0.2) is 14.4 Å². The van der Waals surface area contributed by atoms with Gasteiger partial charge in [0.25, 0.3) is 0 Å². The van der Waals surface area contributed by atoms with Crippen LogP contribution in [0.4, 0.5) is 5.69 Å². The van der Waals surface area contributed by atoms with Gasteiger partial charge in [0.05, 0.1) is 16.8 Å². The molecular formula is C16H13NO5. The summed E-state index contributed by atoms with van der Waals surface area (Å²) >= 11 is 0. The molecule has 0 fully saturated rings. The normalized spacial score (nSPS) is 8.95. The molecule has 112 valence electrons. The quantitative estimate of drug-likeness (QED) is 0.669. The number of carbonyl (C=O) groups is 2. The van der Waals surface area contributed by atoms with E-state index in [9.17, 15) is 14.4 Å². The number of benzene rings is 2. The van der Waals surface area contributed by atoms with Crippen molar-refractivity contribution in [1.82, 2.24) is 0 Å². The fourth-order valence-electron chi connectivity index (χ4n) is 1.54. The Morgan fingerprint density at radius 2 is 1.64 bits per heavy atom. The maximum absolute atomic E-state index is 10.6. The fraction of sp³-hybridized carbons (Fsp3) is 0.0625. The Bertz CT molecular complexity index is 719. The number of rotatable bonds is 3. The van der Waals surface area contributed by atoms with Crippen molar-refractivity contribution in [3.63, 3.8) is 0 Å². The number of carbonyl (C=O) groups excluding carboxylic acids is 1. The average Bonchev–Trinajstić information content (AvgIpc) is 2.49. The van der Waals surface area contributed by atoms with Crippen LogP contribution in [-0.2, 0) is 4.79 Å². The number of hydrogen-bond acceptors (Lipinski definition) is 4. The van der Waals surface area contributed by atoms with Crippen LogP contribution in [0.25, 0.3) is 0 Å². The highest BCUT2D eigenvalue weighted by atomic mass is 16.4. The molecule has 0 aliphatic heterocycles. The molecule has 6 nitrogen and oxygen atoms in total. The third-order valence-electron chi connectivity index (χ3n) is 2.65. The van der Waals surface area contributed by atoms with Gasteiger partial charge in [-0.15, -0.1) is 0 Å². The Morgan fingerprint density at radius 1 is 1.00 bits per heavy atom. The van der Waals surface area contributed by atoms with Crippen molar-refractivity contribution in [2.75, 3.05) is 0 Å². The first kappa shape index (κ1) is 16.8. The van der Waals surface area contributed by atoms with Crippen LogP contribution < -0.4 is 0 Å². The number of aliphatic imine (C=N–C) groups is 1. The van der Waals surface area contributed by atoms with E-state index in [0.29, 0.717) is 11.3 Å². The highest BCUT2D eigenvalue weighted by Crippen LogP contribution is 2.11. The van der Waals surface area contributed by atoms with Gasteiger partial charge in [0.15, 0.2) is 0 Å². The zero-order valence-electron chi connectivity index (χ0n) is 11.7. The van der Waals surface area contributed by atoms with Crippen LogP contribution >= 0.6 is 0 Å². The highest BCUT2D eigenvalue weighted by molar-refractivity contribution is 5.94. The second-order valence-electron chi connectivity index (χ2n) is 4.18. The molecule has 0 aliphatic carbocycles. The number of carboxylic acid groups (broad SMARTS) is 2. The zero-order valence-corrected chi connectivity index (χ0v) is 11.7. The van der Waals surface area contributed by atoms with E-state index in [-0.39, 0.29) is 11.1 Å². The Balaban J connectivity index is 0.000000235. The predicted molar refractivity (Wildman–Crippen MR) is 79.3 cm³/mol. The van der Waals surface area contributed by atoms with Crippen LogP contribution in [-0.4, -0.2) is 28.2 Å². The van der Waals surface area contributed by atoms with Gasteiger partial charge in [0.1, 0.15) is 0 Å². The van der Waals surface area contributed by atoms with E-state index in [0.717, 1.165) is 6.07 Å². The number of para-hydroxylation sites is 1. The van der Waals surface area contributed by atoms with Crippen molar-refractivity contribution in [3.8, 4) is 0 Å². The molecule has 0 amide bonds. The first-order valence-corrected chi connectivity index (χ1v) is 6.16. The Hall–Kier alpha value is -3.24. The molecule has 0 atom stereocenters. The van der Waals surface area contributed by atoms with Gasteiger partial charge in [-0.2, -0.15) is 4.99 Å². The number of carboxylic acids is 2. The van der Waals surface area contributed by atoms with Crippen LogP contribution in [0, 0.1) is 6.92 Å². The van der Waals surface area contributed by atoms with E-state index in [1.54, 1.807) is 19.1 Å². The topological polar surface area (TPSA) is 104 Å². The van der Waals surface area contributed by atoms with Crippen molar-refractivity contribution in [2.24, 2.45) is 4.99 Å². The molecule has 0 unspecified atom stereocenters. The Morgan fingerprint density at radius 3 is 2.14 bits per heavy atom. The summed E-state index contributed by atoms with van der Waals surface area (Å²) in [5.74, 6) is -2.23. The molecule has 0 radical (unpaired) electrons. The number of isocyanates is 1. The summed E-state index contributed by atoms with van der Waals surface area (Å²) in [6.45, 7) is 1.62. The Labute approximate surface area is 126 Å². The molecule has 0 aromatic heterocycles. The van der Waals surface area contributed by atoms with E-state index >= 15 is 0 Å². The van der Waals surface area contributed by atoms with Crippen molar-refractivity contribution < 1.29 is 24.6 Å². The Kier molecular flexibility index (Phi) is 6.22. The minimum atomic E-state index is -1.12. The van der Waals surface area contributed by atoms with Crippen LogP contribution in [0.3, 0.4) is 0 Å². The van der Waals surface area contributed by atoms with Crippen LogP contribution in [0.1, 0.15) is 26.3 Å². The number of nitrogens with zero attached hydrogens (tertiary/aromatic N) is 1. The van der Waals surface area contributed by atoms with Gasteiger partial charge in [0.2, 0.25) is 6.08 Å². The summed E-state index contributed by atoms with van der Waals surface area (Å²) in [5, 5.41) is 17.3. The highest BCUT2D eigenvalue weighted by Gasteiger charge is 2.10. The molecule has 6 heteroatoms. The lowest BCUT2D eigenvalue weighted by Crippen LogP contribution is -2.03.